The number of carbonyl (C=O) groups excluding carboxylic acids is 2. The number of para-hydroxylation sites is 1. The molecule has 38 heavy (non-hydrogen) atoms. The second-order valence-corrected chi connectivity index (χ2v) is 8.33. The van der Waals surface area contributed by atoms with Crippen LogP contribution in [0.4, 0.5) is 9.18 Å². The third-order valence-corrected chi connectivity index (χ3v) is 5.55. The number of likely N-dealkylation sites (N-methyl/N-ethyl adjacent to an activating group) is 1. The second kappa shape index (κ2) is 14.2. The zero-order chi connectivity index (χ0) is 28.2. The summed E-state index contributed by atoms with van der Waals surface area (Å²) in [5, 5.41) is 3.32. The van der Waals surface area contributed by atoms with Gasteiger partial charge in [-0.2, -0.15) is 0 Å². The van der Waals surface area contributed by atoms with Crippen molar-refractivity contribution >= 4 is 28.6 Å². The Morgan fingerprint density at radius 2 is 1.92 bits per heavy atom. The molecule has 2 amide bonds. The molecule has 0 radical (unpaired) electrons. The van der Waals surface area contributed by atoms with Gasteiger partial charge in [-0.3, -0.25) is 4.79 Å². The van der Waals surface area contributed by atoms with E-state index in [9.17, 15) is 14.0 Å². The summed E-state index contributed by atoms with van der Waals surface area (Å²) in [7, 11) is 6.01. The number of fused-ring (bicyclic) bond motifs is 1. The smallest absolute Gasteiger partial charge is 0.407 e. The largest absolute Gasteiger partial charge is 0.496 e. The fourth-order valence-corrected chi connectivity index (χ4v) is 3.63. The van der Waals surface area contributed by atoms with Gasteiger partial charge in [-0.15, -0.1) is 12.3 Å². The highest BCUT2D eigenvalue weighted by atomic mass is 19.1. The molecule has 9 heteroatoms. The number of methoxy groups -OCH3 is 2. The van der Waals surface area contributed by atoms with E-state index < -0.39 is 12.8 Å². The number of halogens is 1. The summed E-state index contributed by atoms with van der Waals surface area (Å²) in [6.07, 6.45) is 9.07. The molecule has 0 fully saturated rings. The first-order chi connectivity index (χ1) is 18.2. The van der Waals surface area contributed by atoms with Gasteiger partial charge >= 0.3 is 6.09 Å². The van der Waals surface area contributed by atoms with E-state index in [-0.39, 0.29) is 23.6 Å². The maximum absolute atomic E-state index is 13.9. The van der Waals surface area contributed by atoms with Gasteiger partial charge in [-0.25, -0.2) is 14.2 Å². The number of aromatic amines is 1. The Bertz CT molecular complexity index is 1380. The molecule has 3 aromatic rings. The van der Waals surface area contributed by atoms with Gasteiger partial charge in [0.1, 0.15) is 18.1 Å². The lowest BCUT2D eigenvalue weighted by atomic mass is 9.99. The minimum atomic E-state index is -0.907. The standard InChI is InChI=1S/C26H29FN4O4.C3H4/c1-16(10-20(25(32)31(2)3)18(12-27)14-30-26(33)35-5)17-11-21-22(15-29-24(21)28-13-17)19-8-6-7-9-23(19)34-4;1-3-2/h6-11,13,15H,12,14H2,1-5H3,(H,28,29)(H,30,33);1H,2H3/b16-10+,20-18-;. The molecule has 0 unspecified atom stereocenters. The summed E-state index contributed by atoms with van der Waals surface area (Å²) in [6.45, 7) is 2.41. The van der Waals surface area contributed by atoms with Crippen LogP contribution in [0.2, 0.25) is 0 Å². The molecule has 0 bridgehead atoms. The van der Waals surface area contributed by atoms with Crippen LogP contribution < -0.4 is 10.1 Å². The molecule has 0 spiro atoms. The normalized spacial score (nSPS) is 11.5. The number of amides is 2. The average molecular weight is 521 g/mol. The summed E-state index contributed by atoms with van der Waals surface area (Å²) in [5.74, 6) is 2.60. The van der Waals surface area contributed by atoms with Crippen LogP contribution in [-0.2, 0) is 9.53 Å². The van der Waals surface area contributed by atoms with Crippen molar-refractivity contribution in [2.45, 2.75) is 13.8 Å². The third-order valence-electron chi connectivity index (χ3n) is 5.55. The van der Waals surface area contributed by atoms with E-state index in [2.05, 4.69) is 32.4 Å². The average Bonchev–Trinajstić information content (AvgIpc) is 3.35. The van der Waals surface area contributed by atoms with Gasteiger partial charge in [0, 0.05) is 55.1 Å². The first-order valence-corrected chi connectivity index (χ1v) is 11.7. The van der Waals surface area contributed by atoms with E-state index >= 15 is 0 Å². The third kappa shape index (κ3) is 7.23. The number of hydrogen-bond acceptors (Lipinski definition) is 5. The number of allylic oxidation sites excluding steroid dienone is 1. The Morgan fingerprint density at radius 1 is 1.24 bits per heavy atom. The maximum atomic E-state index is 13.9. The molecule has 0 saturated heterocycles. The van der Waals surface area contributed by atoms with E-state index in [4.69, 9.17) is 4.74 Å². The minimum Gasteiger partial charge on any atom is -0.496 e. The summed E-state index contributed by atoms with van der Waals surface area (Å²) in [6, 6.07) is 9.66. The molecule has 0 atom stereocenters. The van der Waals surface area contributed by atoms with E-state index in [1.165, 1.54) is 12.0 Å². The predicted octanol–water partition coefficient (Wildman–Crippen LogP) is 4.99. The van der Waals surface area contributed by atoms with Crippen molar-refractivity contribution in [3.05, 3.63) is 65.5 Å². The van der Waals surface area contributed by atoms with Gasteiger partial charge in [0.25, 0.3) is 5.91 Å². The van der Waals surface area contributed by atoms with E-state index in [1.54, 1.807) is 40.4 Å². The molecule has 0 saturated carbocycles. The van der Waals surface area contributed by atoms with Gasteiger partial charge in [0.2, 0.25) is 0 Å². The van der Waals surface area contributed by atoms with Crippen LogP contribution in [0, 0.1) is 12.3 Å². The van der Waals surface area contributed by atoms with Crippen LogP contribution in [0.25, 0.3) is 27.7 Å². The number of ether oxygens (including phenoxy) is 2. The lowest BCUT2D eigenvalue weighted by molar-refractivity contribution is -0.124. The topological polar surface area (TPSA) is 96.5 Å². The van der Waals surface area contributed by atoms with Gasteiger partial charge in [0.15, 0.2) is 0 Å². The number of benzene rings is 1. The Morgan fingerprint density at radius 3 is 2.53 bits per heavy atom. The molecular formula is C29H33FN4O4. The molecule has 0 aliphatic heterocycles. The van der Waals surface area contributed by atoms with Gasteiger partial charge in [-0.05, 0) is 48.8 Å². The Labute approximate surface area is 222 Å². The highest BCUT2D eigenvalue weighted by Crippen LogP contribution is 2.35. The number of carbonyl (C=O) groups is 2. The molecule has 2 N–H and O–H groups in total. The zero-order valence-corrected chi connectivity index (χ0v) is 22.5. The number of H-pyrrole nitrogens is 1. The summed E-state index contributed by atoms with van der Waals surface area (Å²) < 4.78 is 24.0. The summed E-state index contributed by atoms with van der Waals surface area (Å²) >= 11 is 0. The second-order valence-electron chi connectivity index (χ2n) is 8.33. The van der Waals surface area contributed by atoms with Gasteiger partial charge in [-0.1, -0.05) is 18.2 Å². The van der Waals surface area contributed by atoms with Gasteiger partial charge in [0.05, 0.1) is 14.2 Å². The molecule has 8 nitrogen and oxygen atoms in total. The SMILES string of the molecule is C#CC.COC(=O)NC/C(CF)=C(/C=C(\C)c1cnc2[nH]cc(-c3ccccc3OC)c2c1)C(=O)N(C)C. The number of aromatic nitrogens is 2. The number of terminal acetylenes is 1. The van der Waals surface area contributed by atoms with E-state index in [0.29, 0.717) is 11.2 Å². The number of hydrogen-bond donors (Lipinski definition) is 2. The molecule has 0 aliphatic rings. The molecule has 0 aliphatic carbocycles. The van der Waals surface area contributed by atoms with Gasteiger partial charge < -0.3 is 24.7 Å². The fourth-order valence-electron chi connectivity index (χ4n) is 3.63. The van der Waals surface area contributed by atoms with Crippen molar-refractivity contribution in [2.24, 2.45) is 0 Å². The molecule has 1 aromatic carbocycles. The molecular weight excluding hydrogens is 487 g/mol. The van der Waals surface area contributed by atoms with Crippen molar-refractivity contribution in [1.29, 1.82) is 0 Å². The van der Waals surface area contributed by atoms with Crippen LogP contribution in [0.5, 0.6) is 5.75 Å². The Hall–Kier alpha value is -4.58. The lowest BCUT2D eigenvalue weighted by Gasteiger charge is -2.16. The Balaban J connectivity index is 0.00000161. The lowest BCUT2D eigenvalue weighted by Crippen LogP contribution is -2.29. The number of nitrogens with zero attached hydrogens (tertiary/aromatic N) is 2. The molecule has 2 heterocycles. The van der Waals surface area contributed by atoms with E-state index in [0.717, 1.165) is 27.8 Å². The Kier molecular flexibility index (Phi) is 11.1. The monoisotopic (exact) mass is 520 g/mol. The fraction of sp³-hybridized carbons (Fsp3) is 0.276. The van der Waals surface area contributed by atoms with E-state index in [1.807, 2.05) is 43.5 Å². The number of rotatable bonds is 8. The van der Waals surface area contributed by atoms with Crippen LogP contribution in [-0.4, -0.2) is 68.4 Å². The molecule has 200 valence electrons. The maximum Gasteiger partial charge on any atom is 0.407 e. The van der Waals surface area contributed by atoms with Crippen molar-refractivity contribution in [1.82, 2.24) is 20.2 Å². The first kappa shape index (κ1) is 29.6. The van der Waals surface area contributed by atoms with Crippen molar-refractivity contribution in [3.8, 4) is 29.2 Å². The van der Waals surface area contributed by atoms with Crippen molar-refractivity contribution in [3.63, 3.8) is 0 Å². The molecule has 3 rings (SSSR count). The number of alkyl carbamates (subject to hydrolysis) is 1. The highest BCUT2D eigenvalue weighted by molar-refractivity contribution is 6.00. The quantitative estimate of drug-likeness (QED) is 0.248. The van der Waals surface area contributed by atoms with Crippen LogP contribution in [0.3, 0.4) is 0 Å². The number of pyridine rings is 1. The minimum absolute atomic E-state index is 0.138. The van der Waals surface area contributed by atoms with Crippen LogP contribution in [0.15, 0.2) is 59.9 Å². The predicted molar refractivity (Wildman–Crippen MR) is 148 cm³/mol. The first-order valence-electron chi connectivity index (χ1n) is 11.7. The number of alkyl halides is 1. The number of nitrogens with one attached hydrogen (secondary N) is 2. The summed E-state index contributed by atoms with van der Waals surface area (Å²) in [4.78, 5) is 33.4. The van der Waals surface area contributed by atoms with Crippen molar-refractivity contribution in [2.75, 3.05) is 41.5 Å². The van der Waals surface area contributed by atoms with Crippen LogP contribution >= 0.6 is 0 Å². The van der Waals surface area contributed by atoms with Crippen LogP contribution in [0.1, 0.15) is 19.4 Å². The highest BCUT2D eigenvalue weighted by Gasteiger charge is 2.18. The summed E-state index contributed by atoms with van der Waals surface area (Å²) in [5.41, 5.74) is 4.31. The van der Waals surface area contributed by atoms with Crippen molar-refractivity contribution < 1.29 is 23.5 Å². The molecule has 2 aromatic heterocycles. The zero-order valence-electron chi connectivity index (χ0n) is 22.5.